The zero-order chi connectivity index (χ0) is 17.8. The third kappa shape index (κ3) is 4.49. The van der Waals surface area contributed by atoms with Crippen molar-refractivity contribution in [2.45, 2.75) is 37.6 Å². The Morgan fingerprint density at radius 2 is 2.20 bits per heavy atom. The van der Waals surface area contributed by atoms with E-state index in [9.17, 15) is 4.79 Å². The number of hydrogen-bond donors (Lipinski definition) is 3. The number of nitrogens with two attached hydrogens (primary N) is 1. The number of nitrogens with one attached hydrogen (secondary N) is 2. The van der Waals surface area contributed by atoms with Crippen LogP contribution in [0.1, 0.15) is 30.3 Å². The van der Waals surface area contributed by atoms with Gasteiger partial charge in [0.2, 0.25) is 0 Å². The van der Waals surface area contributed by atoms with Crippen LogP contribution in [-0.4, -0.2) is 15.2 Å². The van der Waals surface area contributed by atoms with E-state index in [1.165, 1.54) is 11.8 Å². The number of aryl methyl sites for hydroxylation is 1. The number of thiocarbonyl (C=S) groups is 1. The molecule has 25 heavy (non-hydrogen) atoms. The van der Waals surface area contributed by atoms with Gasteiger partial charge in [0.1, 0.15) is 0 Å². The first-order valence-corrected chi connectivity index (χ1v) is 9.40. The predicted molar refractivity (Wildman–Crippen MR) is 107 cm³/mol. The number of rotatable bonds is 5. The Labute approximate surface area is 156 Å². The van der Waals surface area contributed by atoms with Crippen molar-refractivity contribution in [2.75, 3.05) is 11.1 Å². The fourth-order valence-electron chi connectivity index (χ4n) is 2.62. The van der Waals surface area contributed by atoms with Crippen molar-refractivity contribution in [3.05, 3.63) is 47.3 Å². The van der Waals surface area contributed by atoms with Gasteiger partial charge < -0.3 is 16.4 Å². The molecule has 0 saturated carbocycles. The Morgan fingerprint density at radius 3 is 3.00 bits per heavy atom. The number of carbonyl (C=O) groups excluding carboxylic acids is 1. The number of carbonyl (C=O) groups is 1. The molecule has 0 saturated heterocycles. The topological polar surface area (TPSA) is 80.0 Å². The molecule has 1 aliphatic rings. The van der Waals surface area contributed by atoms with Crippen LogP contribution in [0.25, 0.3) is 0 Å². The van der Waals surface area contributed by atoms with E-state index in [1.54, 1.807) is 0 Å². The lowest BCUT2D eigenvalue weighted by molar-refractivity contribution is -0.110. The van der Waals surface area contributed by atoms with Gasteiger partial charge in [0, 0.05) is 22.7 Å². The molecule has 1 aromatic heterocycles. The molecule has 1 aromatic carbocycles. The van der Waals surface area contributed by atoms with Gasteiger partial charge in [0.25, 0.3) is 0 Å². The molecule has 2 aromatic rings. The van der Waals surface area contributed by atoms with Crippen molar-refractivity contribution in [2.24, 2.45) is 0 Å². The van der Waals surface area contributed by atoms with Gasteiger partial charge in [-0.05, 0) is 48.5 Å². The van der Waals surface area contributed by atoms with Crippen LogP contribution in [0.5, 0.6) is 0 Å². The first kappa shape index (κ1) is 17.7. The maximum atomic E-state index is 11.5. The van der Waals surface area contributed by atoms with E-state index < -0.39 is 0 Å². The summed E-state index contributed by atoms with van der Waals surface area (Å²) < 4.78 is 0. The molecule has 4 N–H and O–H groups in total. The summed E-state index contributed by atoms with van der Waals surface area (Å²) in [5.41, 5.74) is 10.4. The third-order valence-electron chi connectivity index (χ3n) is 3.87. The highest BCUT2D eigenvalue weighted by atomic mass is 32.2. The van der Waals surface area contributed by atoms with Crippen LogP contribution in [0, 0.1) is 0 Å². The molecule has 0 amide bonds. The van der Waals surface area contributed by atoms with Gasteiger partial charge in [-0.25, -0.2) is 0 Å². The molecule has 0 spiro atoms. The molecular formula is C18H20N4OS2. The summed E-state index contributed by atoms with van der Waals surface area (Å²) >= 11 is 6.63. The molecule has 0 aliphatic carbocycles. The zero-order valence-electron chi connectivity index (χ0n) is 14.0. The number of fused-ring (bicyclic) bond motifs is 1. The van der Waals surface area contributed by atoms with E-state index in [0.717, 1.165) is 40.4 Å². The van der Waals surface area contributed by atoms with Crippen molar-refractivity contribution >= 4 is 45.6 Å². The van der Waals surface area contributed by atoms with Gasteiger partial charge in [-0.2, -0.15) is 0 Å². The number of thioether (sulfide) groups is 1. The van der Waals surface area contributed by atoms with Crippen molar-refractivity contribution in [1.29, 1.82) is 0 Å². The van der Waals surface area contributed by atoms with Crippen LogP contribution in [0.4, 0.5) is 11.4 Å². The average molecular weight is 373 g/mol. The van der Waals surface area contributed by atoms with Crippen molar-refractivity contribution in [3.63, 3.8) is 0 Å². The quantitative estimate of drug-likeness (QED) is 0.695. The Bertz CT molecular complexity index is 823. The Hall–Kier alpha value is -2.12. The largest absolute Gasteiger partial charge is 0.397 e. The van der Waals surface area contributed by atoms with Crippen LogP contribution >= 0.6 is 24.0 Å². The van der Waals surface area contributed by atoms with Gasteiger partial charge in [0.15, 0.2) is 10.2 Å². The SMILES string of the molecule is CCCc1ccc(N)c(CNC(=S)Nc2ccc3c(c2)SC(=O)C3)n1. The third-order valence-corrected chi connectivity index (χ3v) is 5.09. The van der Waals surface area contributed by atoms with Gasteiger partial charge in [0.05, 0.1) is 17.9 Å². The van der Waals surface area contributed by atoms with Crippen LogP contribution in [0.3, 0.4) is 0 Å². The Balaban J connectivity index is 1.59. The molecule has 0 bridgehead atoms. The lowest BCUT2D eigenvalue weighted by Gasteiger charge is -2.13. The highest BCUT2D eigenvalue weighted by Gasteiger charge is 2.19. The molecule has 130 valence electrons. The van der Waals surface area contributed by atoms with Gasteiger partial charge in [-0.15, -0.1) is 0 Å². The summed E-state index contributed by atoms with van der Waals surface area (Å²) in [5, 5.41) is 6.96. The second kappa shape index (κ2) is 7.84. The minimum Gasteiger partial charge on any atom is -0.397 e. The average Bonchev–Trinajstić information content (AvgIpc) is 2.95. The minimum absolute atomic E-state index is 0.182. The predicted octanol–water partition coefficient (Wildman–Crippen LogP) is 3.28. The molecule has 0 radical (unpaired) electrons. The van der Waals surface area contributed by atoms with Crippen LogP contribution < -0.4 is 16.4 Å². The zero-order valence-corrected chi connectivity index (χ0v) is 15.6. The van der Waals surface area contributed by atoms with Gasteiger partial charge in [-0.1, -0.05) is 31.2 Å². The maximum Gasteiger partial charge on any atom is 0.198 e. The number of anilines is 2. The summed E-state index contributed by atoms with van der Waals surface area (Å²) in [5.74, 6) is 0. The van der Waals surface area contributed by atoms with Gasteiger partial charge >= 0.3 is 0 Å². The van der Waals surface area contributed by atoms with Crippen molar-refractivity contribution < 1.29 is 4.79 Å². The number of benzene rings is 1. The standard InChI is InChI=1S/C18H20N4OS2/c1-2-3-12-6-7-14(19)15(21-12)10-20-18(24)22-13-5-4-11-8-17(23)25-16(11)9-13/h4-7,9H,2-3,8,10,19H2,1H3,(H2,20,22,24). The fourth-order valence-corrected chi connectivity index (χ4v) is 3.74. The van der Waals surface area contributed by atoms with Gasteiger partial charge in [-0.3, -0.25) is 9.78 Å². The summed E-state index contributed by atoms with van der Waals surface area (Å²) in [7, 11) is 0. The highest BCUT2D eigenvalue weighted by Crippen LogP contribution is 2.34. The monoisotopic (exact) mass is 372 g/mol. The molecule has 5 nitrogen and oxygen atoms in total. The molecule has 0 unspecified atom stereocenters. The molecular weight excluding hydrogens is 352 g/mol. The number of pyridine rings is 1. The Kier molecular flexibility index (Phi) is 5.55. The fraction of sp³-hybridized carbons (Fsp3) is 0.278. The summed E-state index contributed by atoms with van der Waals surface area (Å²) in [6, 6.07) is 9.70. The summed E-state index contributed by atoms with van der Waals surface area (Å²) in [6.45, 7) is 2.59. The number of nitrogen functional groups attached to an aromatic ring is 1. The van der Waals surface area contributed by atoms with E-state index >= 15 is 0 Å². The number of hydrogen-bond acceptors (Lipinski definition) is 5. The molecule has 7 heteroatoms. The number of nitrogens with zero attached hydrogens (tertiary/aromatic N) is 1. The van der Waals surface area contributed by atoms with Crippen LogP contribution in [0.2, 0.25) is 0 Å². The number of aromatic nitrogens is 1. The smallest absolute Gasteiger partial charge is 0.198 e. The molecule has 2 heterocycles. The Morgan fingerprint density at radius 1 is 1.36 bits per heavy atom. The molecule has 0 atom stereocenters. The second-order valence-corrected chi connectivity index (χ2v) is 7.38. The van der Waals surface area contributed by atoms with E-state index in [2.05, 4.69) is 22.5 Å². The van der Waals surface area contributed by atoms with E-state index in [4.69, 9.17) is 18.0 Å². The van der Waals surface area contributed by atoms with Crippen LogP contribution in [0.15, 0.2) is 35.2 Å². The molecule has 3 rings (SSSR count). The van der Waals surface area contributed by atoms with E-state index in [1.807, 2.05) is 30.3 Å². The summed E-state index contributed by atoms with van der Waals surface area (Å²) in [4.78, 5) is 17.1. The lowest BCUT2D eigenvalue weighted by atomic mass is 10.1. The van der Waals surface area contributed by atoms with Crippen LogP contribution in [-0.2, 0) is 24.2 Å². The van der Waals surface area contributed by atoms with E-state index in [-0.39, 0.29) is 5.12 Å². The summed E-state index contributed by atoms with van der Waals surface area (Å²) in [6.07, 6.45) is 2.48. The normalized spacial score (nSPS) is 12.8. The second-order valence-electron chi connectivity index (χ2n) is 5.87. The van der Waals surface area contributed by atoms with Crippen molar-refractivity contribution in [1.82, 2.24) is 10.3 Å². The maximum absolute atomic E-state index is 11.5. The van der Waals surface area contributed by atoms with Crippen molar-refractivity contribution in [3.8, 4) is 0 Å². The molecule has 1 aliphatic heterocycles. The first-order valence-electron chi connectivity index (χ1n) is 8.18. The highest BCUT2D eigenvalue weighted by molar-refractivity contribution is 8.14. The molecule has 0 fully saturated rings. The first-order chi connectivity index (χ1) is 12.0. The lowest BCUT2D eigenvalue weighted by Crippen LogP contribution is -2.28. The minimum atomic E-state index is 0.182. The van der Waals surface area contributed by atoms with E-state index in [0.29, 0.717) is 23.8 Å².